The van der Waals surface area contributed by atoms with Gasteiger partial charge in [0.25, 0.3) is 11.2 Å². The molecule has 126 valence electrons. The van der Waals surface area contributed by atoms with Crippen LogP contribution in [0, 0.1) is 17.0 Å². The van der Waals surface area contributed by atoms with E-state index in [4.69, 9.17) is 0 Å². The smallest absolute Gasteiger partial charge is 0.293 e. The molecule has 0 aliphatic carbocycles. The number of nitro groups is 1. The summed E-state index contributed by atoms with van der Waals surface area (Å²) in [4.78, 5) is 33.5. The van der Waals surface area contributed by atoms with E-state index < -0.39 is 4.92 Å². The molecule has 1 aromatic heterocycles. The zero-order valence-electron chi connectivity index (χ0n) is 13.8. The molecule has 0 amide bonds. The molecule has 1 N–H and O–H groups in total. The Morgan fingerprint density at radius 1 is 1.29 bits per heavy atom. The summed E-state index contributed by atoms with van der Waals surface area (Å²) >= 11 is 0. The van der Waals surface area contributed by atoms with Crippen molar-refractivity contribution in [3.63, 3.8) is 0 Å². The number of hydrogen-bond acceptors (Lipinski definition) is 5. The summed E-state index contributed by atoms with van der Waals surface area (Å²) in [5.41, 5.74) is 2.86. The lowest BCUT2D eigenvalue weighted by molar-refractivity contribution is -0.383. The average molecular weight is 329 g/mol. The minimum Gasteiger partial charge on any atom is -0.382 e. The Morgan fingerprint density at radius 2 is 2.00 bits per heavy atom. The Morgan fingerprint density at radius 3 is 2.54 bits per heavy atom. The van der Waals surface area contributed by atoms with E-state index in [2.05, 4.69) is 5.32 Å². The topological polar surface area (TPSA) is 94.2 Å². The van der Waals surface area contributed by atoms with Crippen molar-refractivity contribution < 1.29 is 9.72 Å². The number of carbonyl (C=O) groups is 1. The van der Waals surface area contributed by atoms with E-state index in [0.717, 1.165) is 6.29 Å². The number of aryl methyl sites for hydroxylation is 3. The summed E-state index contributed by atoms with van der Waals surface area (Å²) in [6.45, 7) is 1.70. The van der Waals surface area contributed by atoms with Crippen LogP contribution in [0.3, 0.4) is 0 Å². The van der Waals surface area contributed by atoms with E-state index in [0.29, 0.717) is 34.4 Å². The van der Waals surface area contributed by atoms with Gasteiger partial charge in [0.05, 0.1) is 4.92 Å². The Balaban J connectivity index is 2.70. The third-order valence-electron chi connectivity index (χ3n) is 3.87. The highest BCUT2D eigenvalue weighted by Gasteiger charge is 2.19. The second kappa shape index (κ2) is 7.08. The number of anilines is 1. The van der Waals surface area contributed by atoms with Gasteiger partial charge in [-0.15, -0.1) is 0 Å². The number of aromatic nitrogens is 1. The maximum atomic E-state index is 11.8. The van der Waals surface area contributed by atoms with Crippen LogP contribution in [0.25, 0.3) is 11.1 Å². The molecule has 7 heteroatoms. The molecule has 0 aliphatic rings. The fourth-order valence-electron chi connectivity index (χ4n) is 2.73. The van der Waals surface area contributed by atoms with Gasteiger partial charge in [0.1, 0.15) is 12.0 Å². The Hall–Kier alpha value is -2.96. The SMILES string of the molecule is CNc1c(CCC=O)cc(-c2cc(C)c(=O)n(C)c2)cc1[N+](=O)[O-]. The van der Waals surface area contributed by atoms with E-state index >= 15 is 0 Å². The van der Waals surface area contributed by atoms with Gasteiger partial charge < -0.3 is 14.7 Å². The molecule has 0 saturated carbocycles. The fourth-order valence-corrected chi connectivity index (χ4v) is 2.73. The Kier molecular flexibility index (Phi) is 5.13. The molecule has 0 unspecified atom stereocenters. The molecular formula is C17H19N3O4. The molecule has 0 spiro atoms. The monoisotopic (exact) mass is 329 g/mol. The van der Waals surface area contributed by atoms with Crippen molar-refractivity contribution in [1.29, 1.82) is 0 Å². The number of carbonyl (C=O) groups excluding carboxylic acids is 1. The molecule has 0 fully saturated rings. The number of nitrogens with one attached hydrogen (secondary N) is 1. The third-order valence-corrected chi connectivity index (χ3v) is 3.87. The lowest BCUT2D eigenvalue weighted by Crippen LogP contribution is -2.18. The number of hydrogen-bond donors (Lipinski definition) is 1. The lowest BCUT2D eigenvalue weighted by atomic mass is 9.98. The van der Waals surface area contributed by atoms with Crippen molar-refractivity contribution in [1.82, 2.24) is 4.57 Å². The molecule has 7 nitrogen and oxygen atoms in total. The molecule has 24 heavy (non-hydrogen) atoms. The predicted octanol–water partition coefficient (Wildman–Crippen LogP) is 2.44. The van der Waals surface area contributed by atoms with Crippen LogP contribution in [0.1, 0.15) is 17.5 Å². The summed E-state index contributed by atoms with van der Waals surface area (Å²) in [5.74, 6) is 0. The fraction of sp³-hybridized carbons (Fsp3) is 0.294. The first-order chi connectivity index (χ1) is 11.4. The largest absolute Gasteiger partial charge is 0.382 e. The molecular weight excluding hydrogens is 310 g/mol. The van der Waals surface area contributed by atoms with Gasteiger partial charge in [-0.1, -0.05) is 0 Å². The second-order valence-electron chi connectivity index (χ2n) is 5.57. The quantitative estimate of drug-likeness (QED) is 0.499. The second-order valence-corrected chi connectivity index (χ2v) is 5.57. The maximum Gasteiger partial charge on any atom is 0.293 e. The van der Waals surface area contributed by atoms with Crippen LogP contribution in [0.2, 0.25) is 0 Å². The number of nitrogens with zero attached hydrogens (tertiary/aromatic N) is 2. The normalized spacial score (nSPS) is 10.5. The molecule has 1 aromatic carbocycles. The first kappa shape index (κ1) is 17.4. The number of aldehydes is 1. The summed E-state index contributed by atoms with van der Waals surface area (Å²) in [5, 5.41) is 14.3. The van der Waals surface area contributed by atoms with Crippen molar-refractivity contribution >= 4 is 17.7 Å². The van der Waals surface area contributed by atoms with E-state index in [1.54, 1.807) is 33.3 Å². The van der Waals surface area contributed by atoms with E-state index in [1.807, 2.05) is 6.07 Å². The minimum absolute atomic E-state index is 0.0533. The maximum absolute atomic E-state index is 11.8. The number of benzene rings is 1. The predicted molar refractivity (Wildman–Crippen MR) is 92.4 cm³/mol. The van der Waals surface area contributed by atoms with Gasteiger partial charge >= 0.3 is 0 Å². The molecule has 1 heterocycles. The van der Waals surface area contributed by atoms with Crippen molar-refractivity contribution in [2.75, 3.05) is 12.4 Å². The van der Waals surface area contributed by atoms with Gasteiger partial charge in [-0.2, -0.15) is 0 Å². The van der Waals surface area contributed by atoms with Gasteiger partial charge in [-0.25, -0.2) is 0 Å². The first-order valence-electron chi connectivity index (χ1n) is 7.49. The number of rotatable bonds is 6. The molecule has 0 bridgehead atoms. The van der Waals surface area contributed by atoms with Crippen LogP contribution in [-0.4, -0.2) is 22.8 Å². The van der Waals surface area contributed by atoms with Crippen molar-refractivity contribution in [3.05, 3.63) is 56.0 Å². The third kappa shape index (κ3) is 3.34. The molecule has 2 aromatic rings. The highest BCUT2D eigenvalue weighted by molar-refractivity contribution is 5.77. The van der Waals surface area contributed by atoms with Crippen LogP contribution in [-0.2, 0) is 18.3 Å². The van der Waals surface area contributed by atoms with E-state index in [-0.39, 0.29) is 17.7 Å². The molecule has 0 atom stereocenters. The molecule has 0 radical (unpaired) electrons. The van der Waals surface area contributed by atoms with Gasteiger partial charge in [0.2, 0.25) is 0 Å². The first-order valence-corrected chi connectivity index (χ1v) is 7.49. The van der Waals surface area contributed by atoms with E-state index in [9.17, 15) is 19.7 Å². The standard InChI is InChI=1S/C17H19N3O4/c1-11-7-14(10-19(3)17(11)22)13-8-12(5-4-6-21)16(18-2)15(9-13)20(23)24/h6-10,18H,4-5H2,1-3H3. The summed E-state index contributed by atoms with van der Waals surface area (Å²) < 4.78 is 1.45. The molecule has 2 rings (SSSR count). The van der Waals surface area contributed by atoms with Crippen LogP contribution >= 0.6 is 0 Å². The minimum atomic E-state index is -0.450. The molecule has 0 saturated heterocycles. The summed E-state index contributed by atoms with van der Waals surface area (Å²) in [6, 6.07) is 5.01. The Bertz CT molecular complexity index is 829. The van der Waals surface area contributed by atoms with Crippen molar-refractivity contribution in [3.8, 4) is 11.1 Å². The average Bonchev–Trinajstić information content (AvgIpc) is 2.56. The van der Waals surface area contributed by atoms with E-state index in [1.165, 1.54) is 10.6 Å². The highest BCUT2D eigenvalue weighted by atomic mass is 16.6. The number of pyridine rings is 1. The van der Waals surface area contributed by atoms with Crippen LogP contribution in [0.15, 0.2) is 29.2 Å². The lowest BCUT2D eigenvalue weighted by Gasteiger charge is -2.13. The van der Waals surface area contributed by atoms with Crippen LogP contribution in [0.4, 0.5) is 11.4 Å². The van der Waals surface area contributed by atoms with Gasteiger partial charge in [-0.05, 0) is 42.2 Å². The zero-order valence-corrected chi connectivity index (χ0v) is 13.8. The summed E-state index contributed by atoms with van der Waals surface area (Å²) in [7, 11) is 3.26. The van der Waals surface area contributed by atoms with Crippen LogP contribution in [0.5, 0.6) is 0 Å². The number of nitro benzene ring substituents is 1. The summed E-state index contributed by atoms with van der Waals surface area (Å²) in [6.07, 6.45) is 3.12. The van der Waals surface area contributed by atoms with Crippen LogP contribution < -0.4 is 10.9 Å². The molecule has 0 aliphatic heterocycles. The van der Waals surface area contributed by atoms with Gasteiger partial charge in [0, 0.05) is 38.3 Å². The Labute approximate surface area is 139 Å². The van der Waals surface area contributed by atoms with Crippen molar-refractivity contribution in [2.45, 2.75) is 19.8 Å². The zero-order chi connectivity index (χ0) is 17.9. The highest BCUT2D eigenvalue weighted by Crippen LogP contribution is 2.34. The van der Waals surface area contributed by atoms with Gasteiger partial charge in [0.15, 0.2) is 0 Å². The van der Waals surface area contributed by atoms with Gasteiger partial charge in [-0.3, -0.25) is 14.9 Å². The van der Waals surface area contributed by atoms with Crippen molar-refractivity contribution in [2.24, 2.45) is 7.05 Å².